The van der Waals surface area contributed by atoms with E-state index in [9.17, 15) is 8.78 Å². The molecule has 1 unspecified atom stereocenters. The first-order valence-corrected chi connectivity index (χ1v) is 6.86. The van der Waals surface area contributed by atoms with Crippen LogP contribution in [-0.2, 0) is 6.61 Å². The zero-order valence-electron chi connectivity index (χ0n) is 12.4. The van der Waals surface area contributed by atoms with E-state index in [1.54, 1.807) is 0 Å². The second kappa shape index (κ2) is 6.68. The highest BCUT2D eigenvalue weighted by Gasteiger charge is 2.12. The van der Waals surface area contributed by atoms with E-state index in [2.05, 4.69) is 5.32 Å². The van der Waals surface area contributed by atoms with Crippen LogP contribution in [0.25, 0.3) is 0 Å². The largest absolute Gasteiger partial charge is 0.488 e. The van der Waals surface area contributed by atoms with Crippen LogP contribution < -0.4 is 10.1 Å². The molecule has 0 aliphatic carbocycles. The summed E-state index contributed by atoms with van der Waals surface area (Å²) in [4.78, 5) is 0. The van der Waals surface area contributed by atoms with E-state index in [1.807, 2.05) is 39.1 Å². The SMILES string of the molecule is CNC(C)c1ccc(C)cc1OCc1cc(F)ccc1F. The van der Waals surface area contributed by atoms with Crippen LogP contribution >= 0.6 is 0 Å². The molecule has 0 fully saturated rings. The van der Waals surface area contributed by atoms with Crippen LogP contribution in [-0.4, -0.2) is 7.05 Å². The summed E-state index contributed by atoms with van der Waals surface area (Å²) in [6, 6.07) is 9.36. The van der Waals surface area contributed by atoms with Gasteiger partial charge in [-0.25, -0.2) is 8.78 Å². The Kier molecular flexibility index (Phi) is 4.91. The predicted molar refractivity (Wildman–Crippen MR) is 79.3 cm³/mol. The van der Waals surface area contributed by atoms with E-state index in [0.717, 1.165) is 29.3 Å². The van der Waals surface area contributed by atoms with Crippen molar-refractivity contribution in [2.24, 2.45) is 0 Å². The van der Waals surface area contributed by atoms with E-state index in [-0.39, 0.29) is 18.2 Å². The van der Waals surface area contributed by atoms with E-state index >= 15 is 0 Å². The number of rotatable bonds is 5. The van der Waals surface area contributed by atoms with Crippen LogP contribution in [0.15, 0.2) is 36.4 Å². The van der Waals surface area contributed by atoms with Crippen LogP contribution in [0.4, 0.5) is 8.78 Å². The lowest BCUT2D eigenvalue weighted by molar-refractivity contribution is 0.293. The van der Waals surface area contributed by atoms with Crippen molar-refractivity contribution in [1.29, 1.82) is 0 Å². The van der Waals surface area contributed by atoms with Crippen molar-refractivity contribution >= 4 is 0 Å². The van der Waals surface area contributed by atoms with Gasteiger partial charge in [0.2, 0.25) is 0 Å². The Morgan fingerprint density at radius 2 is 1.90 bits per heavy atom. The smallest absolute Gasteiger partial charge is 0.130 e. The lowest BCUT2D eigenvalue weighted by Crippen LogP contribution is -2.14. The Morgan fingerprint density at radius 1 is 1.14 bits per heavy atom. The minimum absolute atomic E-state index is 0.00349. The van der Waals surface area contributed by atoms with Gasteiger partial charge >= 0.3 is 0 Å². The molecule has 0 aromatic heterocycles. The number of ether oxygens (including phenoxy) is 1. The molecule has 112 valence electrons. The van der Waals surface area contributed by atoms with Gasteiger partial charge in [0.05, 0.1) is 0 Å². The summed E-state index contributed by atoms with van der Waals surface area (Å²) in [5.41, 5.74) is 2.25. The zero-order chi connectivity index (χ0) is 15.4. The molecule has 0 heterocycles. The lowest BCUT2D eigenvalue weighted by Gasteiger charge is -2.17. The van der Waals surface area contributed by atoms with Crippen LogP contribution in [0.2, 0.25) is 0 Å². The molecule has 2 nitrogen and oxygen atoms in total. The first-order chi connectivity index (χ1) is 10.0. The van der Waals surface area contributed by atoms with Gasteiger partial charge in [0.1, 0.15) is 24.0 Å². The Balaban J connectivity index is 2.23. The fraction of sp³-hybridized carbons (Fsp3) is 0.294. The van der Waals surface area contributed by atoms with Gasteiger partial charge in [-0.1, -0.05) is 12.1 Å². The van der Waals surface area contributed by atoms with Gasteiger partial charge in [-0.05, 0) is 50.7 Å². The average Bonchev–Trinajstić information content (AvgIpc) is 2.47. The fourth-order valence-corrected chi connectivity index (χ4v) is 2.09. The van der Waals surface area contributed by atoms with Crippen LogP contribution in [0, 0.1) is 18.6 Å². The molecule has 4 heteroatoms. The maximum atomic E-state index is 13.6. The quantitative estimate of drug-likeness (QED) is 0.894. The Labute approximate surface area is 123 Å². The molecule has 21 heavy (non-hydrogen) atoms. The topological polar surface area (TPSA) is 21.3 Å². The second-order valence-corrected chi connectivity index (χ2v) is 5.08. The molecule has 2 aromatic carbocycles. The third-order valence-corrected chi connectivity index (χ3v) is 3.46. The highest BCUT2D eigenvalue weighted by molar-refractivity contribution is 5.39. The molecule has 2 aromatic rings. The summed E-state index contributed by atoms with van der Waals surface area (Å²) in [5, 5.41) is 3.15. The first-order valence-electron chi connectivity index (χ1n) is 6.86. The van der Waals surface area contributed by atoms with Crippen molar-refractivity contribution in [3.05, 3.63) is 64.7 Å². The minimum Gasteiger partial charge on any atom is -0.488 e. The van der Waals surface area contributed by atoms with Gasteiger partial charge in [0.15, 0.2) is 0 Å². The lowest BCUT2D eigenvalue weighted by atomic mass is 10.1. The molecule has 0 radical (unpaired) electrons. The summed E-state index contributed by atoms with van der Waals surface area (Å²) in [6.07, 6.45) is 0. The summed E-state index contributed by atoms with van der Waals surface area (Å²) in [7, 11) is 1.86. The number of hydrogen-bond acceptors (Lipinski definition) is 2. The summed E-state index contributed by atoms with van der Waals surface area (Å²) in [6.45, 7) is 3.97. The van der Waals surface area contributed by atoms with Crippen molar-refractivity contribution in [3.63, 3.8) is 0 Å². The average molecular weight is 291 g/mol. The maximum absolute atomic E-state index is 13.6. The van der Waals surface area contributed by atoms with E-state index in [1.165, 1.54) is 0 Å². The van der Waals surface area contributed by atoms with Crippen LogP contribution in [0.1, 0.15) is 29.7 Å². The third kappa shape index (κ3) is 3.79. The molecular formula is C17H19F2NO. The Morgan fingerprint density at radius 3 is 2.62 bits per heavy atom. The van der Waals surface area contributed by atoms with Gasteiger partial charge in [-0.2, -0.15) is 0 Å². The Bertz CT molecular complexity index is 628. The molecule has 0 aliphatic rings. The standard InChI is InChI=1S/C17H19F2NO/c1-11-4-6-15(12(2)20-3)17(8-11)21-10-13-9-14(18)5-7-16(13)19/h4-9,12,20H,10H2,1-3H3. The van der Waals surface area contributed by atoms with Crippen molar-refractivity contribution in [1.82, 2.24) is 5.32 Å². The minimum atomic E-state index is -0.469. The molecule has 0 saturated heterocycles. The third-order valence-electron chi connectivity index (χ3n) is 3.46. The summed E-state index contributed by atoms with van der Waals surface area (Å²) < 4.78 is 32.5. The molecule has 0 aliphatic heterocycles. The first kappa shape index (κ1) is 15.4. The van der Waals surface area contributed by atoms with Crippen molar-refractivity contribution in [2.45, 2.75) is 26.5 Å². The number of aryl methyl sites for hydroxylation is 1. The van der Waals surface area contributed by atoms with Gasteiger partial charge in [0, 0.05) is 17.2 Å². The van der Waals surface area contributed by atoms with Gasteiger partial charge < -0.3 is 10.1 Å². The number of halogens is 2. The second-order valence-electron chi connectivity index (χ2n) is 5.08. The monoisotopic (exact) mass is 291 g/mol. The molecule has 2 rings (SSSR count). The molecule has 0 saturated carbocycles. The van der Waals surface area contributed by atoms with Crippen molar-refractivity contribution < 1.29 is 13.5 Å². The predicted octanol–water partition coefficient (Wildman–Crippen LogP) is 4.13. The van der Waals surface area contributed by atoms with Gasteiger partial charge in [-0.3, -0.25) is 0 Å². The van der Waals surface area contributed by atoms with Gasteiger partial charge in [0.25, 0.3) is 0 Å². The molecular weight excluding hydrogens is 272 g/mol. The zero-order valence-corrected chi connectivity index (χ0v) is 12.4. The van der Waals surface area contributed by atoms with Crippen LogP contribution in [0.5, 0.6) is 5.75 Å². The summed E-state index contributed by atoms with van der Waals surface area (Å²) in [5.74, 6) is -0.254. The van der Waals surface area contributed by atoms with Crippen molar-refractivity contribution in [2.75, 3.05) is 7.05 Å². The molecule has 1 atom stereocenters. The number of nitrogens with one attached hydrogen (secondary N) is 1. The van der Waals surface area contributed by atoms with Crippen molar-refractivity contribution in [3.8, 4) is 5.75 Å². The number of hydrogen-bond donors (Lipinski definition) is 1. The van der Waals surface area contributed by atoms with E-state index in [4.69, 9.17) is 4.74 Å². The fourth-order valence-electron chi connectivity index (χ4n) is 2.09. The van der Waals surface area contributed by atoms with E-state index < -0.39 is 11.6 Å². The summed E-state index contributed by atoms with van der Waals surface area (Å²) >= 11 is 0. The van der Waals surface area contributed by atoms with Gasteiger partial charge in [-0.15, -0.1) is 0 Å². The maximum Gasteiger partial charge on any atom is 0.130 e. The number of benzene rings is 2. The highest BCUT2D eigenvalue weighted by Crippen LogP contribution is 2.27. The Hall–Kier alpha value is -1.94. The highest BCUT2D eigenvalue weighted by atomic mass is 19.1. The molecule has 0 spiro atoms. The molecule has 1 N–H and O–H groups in total. The normalized spacial score (nSPS) is 12.2. The van der Waals surface area contributed by atoms with Crippen LogP contribution in [0.3, 0.4) is 0 Å². The van der Waals surface area contributed by atoms with E-state index in [0.29, 0.717) is 5.75 Å². The molecule has 0 amide bonds. The molecule has 0 bridgehead atoms.